The molecule has 9 heteroatoms. The van der Waals surface area contributed by atoms with Gasteiger partial charge in [-0.15, -0.1) is 0 Å². The van der Waals surface area contributed by atoms with Crippen molar-refractivity contribution in [2.45, 2.75) is 43.2 Å². The van der Waals surface area contributed by atoms with Gasteiger partial charge in [-0.1, -0.05) is 12.8 Å². The van der Waals surface area contributed by atoms with Crippen molar-refractivity contribution < 1.29 is 32.2 Å². The van der Waals surface area contributed by atoms with Crippen LogP contribution in [0.3, 0.4) is 0 Å². The minimum absolute atomic E-state index is 0.0619. The molecule has 168 valence electrons. The van der Waals surface area contributed by atoms with Gasteiger partial charge in [0.15, 0.2) is 0 Å². The molecule has 1 aliphatic carbocycles. The molecule has 0 radical (unpaired) electrons. The van der Waals surface area contributed by atoms with Crippen LogP contribution in [-0.4, -0.2) is 41.8 Å². The number of carbonyl (C=O) groups excluding carboxylic acids is 1. The van der Waals surface area contributed by atoms with Gasteiger partial charge in [-0.2, -0.15) is 0 Å². The maximum absolute atomic E-state index is 12.9. The molecule has 0 aromatic heterocycles. The maximum atomic E-state index is 12.9. The number of benzene rings is 2. The molecule has 0 unspecified atom stereocenters. The average molecular weight is 450 g/mol. The van der Waals surface area contributed by atoms with E-state index in [0.29, 0.717) is 17.1 Å². The highest BCUT2D eigenvalue weighted by molar-refractivity contribution is 7.89. The molecule has 1 N–H and O–H groups in total. The predicted octanol–water partition coefficient (Wildman–Crippen LogP) is 3.29. The lowest BCUT2D eigenvalue weighted by atomic mass is 10.2. The number of hydrogen-bond acceptors (Lipinski definition) is 7. The van der Waals surface area contributed by atoms with Crippen molar-refractivity contribution in [1.29, 1.82) is 0 Å². The molecule has 31 heavy (non-hydrogen) atoms. The van der Waals surface area contributed by atoms with Crippen LogP contribution in [0.1, 0.15) is 41.6 Å². The number of carbonyl (C=O) groups is 1. The van der Waals surface area contributed by atoms with Crippen molar-refractivity contribution in [3.05, 3.63) is 47.5 Å². The van der Waals surface area contributed by atoms with Crippen molar-refractivity contribution in [2.75, 3.05) is 21.3 Å². The summed E-state index contributed by atoms with van der Waals surface area (Å²) in [7, 11) is 0.594. The van der Waals surface area contributed by atoms with Crippen LogP contribution in [0, 0.1) is 0 Å². The minimum Gasteiger partial charge on any atom is -0.497 e. The fourth-order valence-electron chi connectivity index (χ4n) is 3.56. The van der Waals surface area contributed by atoms with Crippen LogP contribution >= 0.6 is 0 Å². The number of hydrogen-bond donors (Lipinski definition) is 1. The summed E-state index contributed by atoms with van der Waals surface area (Å²) < 4.78 is 49.6. The highest BCUT2D eigenvalue weighted by atomic mass is 32.2. The second kappa shape index (κ2) is 10.0. The zero-order valence-electron chi connectivity index (χ0n) is 17.8. The lowest BCUT2D eigenvalue weighted by molar-refractivity contribution is 0.0469. The number of rotatable bonds is 9. The number of sulfonamides is 1. The molecule has 2 aromatic rings. The van der Waals surface area contributed by atoms with Crippen LogP contribution in [0.15, 0.2) is 41.3 Å². The Morgan fingerprint density at radius 1 is 0.968 bits per heavy atom. The largest absolute Gasteiger partial charge is 0.497 e. The Hall–Kier alpha value is -2.78. The molecule has 0 amide bonds. The molecule has 8 nitrogen and oxygen atoms in total. The molecule has 1 fully saturated rings. The summed E-state index contributed by atoms with van der Waals surface area (Å²) in [5.41, 5.74) is 0.730. The Bertz CT molecular complexity index is 1030. The molecule has 0 saturated heterocycles. The molecule has 0 aliphatic heterocycles. The highest BCUT2D eigenvalue weighted by Gasteiger charge is 2.27. The molecule has 2 aromatic carbocycles. The van der Waals surface area contributed by atoms with Crippen LogP contribution in [0.25, 0.3) is 0 Å². The van der Waals surface area contributed by atoms with E-state index in [4.69, 9.17) is 18.9 Å². The summed E-state index contributed by atoms with van der Waals surface area (Å²) in [4.78, 5) is 12.6. The predicted molar refractivity (Wildman–Crippen MR) is 114 cm³/mol. The monoisotopic (exact) mass is 449 g/mol. The number of nitrogens with one attached hydrogen (secondary N) is 1. The van der Waals surface area contributed by atoms with E-state index in [9.17, 15) is 13.2 Å². The Morgan fingerprint density at radius 3 is 2.29 bits per heavy atom. The first kappa shape index (κ1) is 22.9. The lowest BCUT2D eigenvalue weighted by Gasteiger charge is -2.16. The van der Waals surface area contributed by atoms with Gasteiger partial charge in [0.1, 0.15) is 28.8 Å². The first-order valence-corrected chi connectivity index (χ1v) is 11.4. The zero-order valence-corrected chi connectivity index (χ0v) is 18.7. The summed E-state index contributed by atoms with van der Waals surface area (Å²) in [6.07, 6.45) is 3.58. The fraction of sp³-hybridized carbons (Fsp3) is 0.409. The summed E-state index contributed by atoms with van der Waals surface area (Å²) in [5, 5.41) is 0. The van der Waals surface area contributed by atoms with Crippen molar-refractivity contribution in [2.24, 2.45) is 0 Å². The zero-order chi connectivity index (χ0) is 22.4. The smallest absolute Gasteiger partial charge is 0.338 e. The molecule has 3 rings (SSSR count). The highest BCUT2D eigenvalue weighted by Crippen LogP contribution is 2.28. The Kier molecular flexibility index (Phi) is 7.40. The van der Waals surface area contributed by atoms with Gasteiger partial charge in [-0.05, 0) is 49.2 Å². The number of methoxy groups -OCH3 is 3. The number of ether oxygens (including phenoxy) is 4. The van der Waals surface area contributed by atoms with Gasteiger partial charge in [0.05, 0.1) is 26.9 Å². The third-order valence-electron chi connectivity index (χ3n) is 5.21. The van der Waals surface area contributed by atoms with Gasteiger partial charge in [0, 0.05) is 11.6 Å². The first-order valence-electron chi connectivity index (χ1n) is 9.96. The quantitative estimate of drug-likeness (QED) is 0.586. The summed E-state index contributed by atoms with van der Waals surface area (Å²) in [6, 6.07) is 9.26. The Morgan fingerprint density at radius 2 is 1.65 bits per heavy atom. The van der Waals surface area contributed by atoms with Crippen molar-refractivity contribution >= 4 is 16.0 Å². The van der Waals surface area contributed by atoms with E-state index >= 15 is 0 Å². The third kappa shape index (κ3) is 5.48. The average Bonchev–Trinajstić information content (AvgIpc) is 3.29. The third-order valence-corrected chi connectivity index (χ3v) is 6.75. The van der Waals surface area contributed by atoms with E-state index in [1.165, 1.54) is 39.5 Å². The lowest BCUT2D eigenvalue weighted by Crippen LogP contribution is -2.33. The van der Waals surface area contributed by atoms with Crippen LogP contribution in [-0.2, 0) is 21.4 Å². The standard InChI is InChI=1S/C22H27NO7S/c1-27-18-9-11-19(28-2)16(12-18)14-30-22(24)15-8-10-20(29-3)21(13-15)31(25,26)23-17-6-4-5-7-17/h8-13,17,23H,4-7,14H2,1-3H3. The SMILES string of the molecule is COc1ccc(OC)c(COC(=O)c2ccc(OC)c(S(=O)(=O)NC3CCCC3)c2)c1. The van der Waals surface area contributed by atoms with E-state index in [1.54, 1.807) is 18.2 Å². The van der Waals surface area contributed by atoms with Gasteiger partial charge in [0.25, 0.3) is 0 Å². The van der Waals surface area contributed by atoms with Crippen molar-refractivity contribution in [3.8, 4) is 17.2 Å². The van der Waals surface area contributed by atoms with Gasteiger partial charge >= 0.3 is 5.97 Å². The van der Waals surface area contributed by atoms with E-state index in [2.05, 4.69) is 4.72 Å². The molecular weight excluding hydrogens is 422 g/mol. The van der Waals surface area contributed by atoms with Crippen LogP contribution < -0.4 is 18.9 Å². The van der Waals surface area contributed by atoms with Crippen molar-refractivity contribution in [1.82, 2.24) is 4.72 Å². The maximum Gasteiger partial charge on any atom is 0.338 e. The van der Waals surface area contributed by atoms with E-state index in [1.807, 2.05) is 0 Å². The molecule has 0 heterocycles. The van der Waals surface area contributed by atoms with Gasteiger partial charge in [-0.3, -0.25) is 0 Å². The molecule has 0 bridgehead atoms. The summed E-state index contributed by atoms with van der Waals surface area (Å²) in [6.45, 7) is -0.0619. The second-order valence-electron chi connectivity index (χ2n) is 7.22. The molecular formula is C22H27NO7S. The van der Waals surface area contributed by atoms with Gasteiger partial charge in [-0.25, -0.2) is 17.9 Å². The first-order chi connectivity index (χ1) is 14.9. The normalized spacial score (nSPS) is 14.3. The minimum atomic E-state index is -3.85. The molecule has 0 atom stereocenters. The summed E-state index contributed by atoms with van der Waals surface area (Å²) >= 11 is 0. The molecule has 1 aliphatic rings. The molecule has 1 saturated carbocycles. The topological polar surface area (TPSA) is 100 Å². The fourth-order valence-corrected chi connectivity index (χ4v) is 5.06. The second-order valence-corrected chi connectivity index (χ2v) is 8.90. The van der Waals surface area contributed by atoms with Crippen LogP contribution in [0.4, 0.5) is 0 Å². The van der Waals surface area contributed by atoms with Crippen LogP contribution in [0.2, 0.25) is 0 Å². The molecule has 0 spiro atoms. The van der Waals surface area contributed by atoms with E-state index in [-0.39, 0.29) is 28.9 Å². The van der Waals surface area contributed by atoms with Crippen LogP contribution in [0.5, 0.6) is 17.2 Å². The Balaban J connectivity index is 1.80. The van der Waals surface area contributed by atoms with Crippen molar-refractivity contribution in [3.63, 3.8) is 0 Å². The van der Waals surface area contributed by atoms with E-state index in [0.717, 1.165) is 25.7 Å². The number of esters is 1. The van der Waals surface area contributed by atoms with Gasteiger partial charge < -0.3 is 18.9 Å². The van der Waals surface area contributed by atoms with E-state index < -0.39 is 16.0 Å². The van der Waals surface area contributed by atoms with Gasteiger partial charge in [0.2, 0.25) is 10.0 Å². The Labute approximate surface area is 182 Å². The summed E-state index contributed by atoms with van der Waals surface area (Å²) in [5.74, 6) is 0.649.